The molecule has 10 heteroatoms. The highest BCUT2D eigenvalue weighted by Crippen LogP contribution is 2.39. The zero-order valence-electron chi connectivity index (χ0n) is 19.7. The number of nitrogens with one attached hydrogen (secondary N) is 1. The molecule has 0 aliphatic rings. The van der Waals surface area contributed by atoms with Gasteiger partial charge in [0.05, 0.1) is 49.1 Å². The molecule has 1 amide bonds. The van der Waals surface area contributed by atoms with Crippen LogP contribution in [-0.4, -0.2) is 44.4 Å². The molecule has 0 aromatic heterocycles. The number of aliphatic hydroxyl groups is 1. The van der Waals surface area contributed by atoms with Gasteiger partial charge in [0.25, 0.3) is 5.91 Å². The van der Waals surface area contributed by atoms with E-state index in [2.05, 4.69) is 21.2 Å². The van der Waals surface area contributed by atoms with Gasteiger partial charge in [0, 0.05) is 10.9 Å². The Bertz CT molecular complexity index is 1220. The van der Waals surface area contributed by atoms with Crippen LogP contribution < -0.4 is 14.8 Å². The predicted octanol–water partition coefficient (Wildman–Crippen LogP) is 5.45. The first-order valence-corrected chi connectivity index (χ1v) is 12.3. The van der Waals surface area contributed by atoms with Gasteiger partial charge >= 0.3 is 5.97 Å². The number of rotatable bonds is 9. The number of benzene rings is 3. The fraction of sp³-hybridized carbons (Fsp3) is 0.231. The van der Waals surface area contributed by atoms with E-state index in [0.29, 0.717) is 21.5 Å². The summed E-state index contributed by atoms with van der Waals surface area (Å²) in [4.78, 5) is 25.4. The van der Waals surface area contributed by atoms with Gasteiger partial charge < -0.3 is 24.6 Å². The summed E-state index contributed by atoms with van der Waals surface area (Å²) in [6.07, 6.45) is 0.169. The van der Waals surface area contributed by atoms with E-state index >= 15 is 0 Å². The summed E-state index contributed by atoms with van der Waals surface area (Å²) in [7, 11) is 4.33. The van der Waals surface area contributed by atoms with Crippen molar-refractivity contribution >= 4 is 51.0 Å². The minimum Gasteiger partial charge on any atom is -0.496 e. The Balaban J connectivity index is 1.87. The third-order valence-corrected chi connectivity index (χ3v) is 6.51. The molecule has 2 N–H and O–H groups in total. The Hall–Kier alpha value is -2.78. The number of ether oxygens (including phenoxy) is 3. The SMILES string of the molecule is COC(=O)C(Cc1ccc(-c2c(OC)cc(CO)cc2OC)cc1)NC(=O)c1c(Cl)cc(Br)cc1Cl. The number of esters is 1. The molecule has 0 fully saturated rings. The van der Waals surface area contributed by atoms with Crippen LogP contribution in [0.2, 0.25) is 10.0 Å². The van der Waals surface area contributed by atoms with Crippen LogP contribution in [0.25, 0.3) is 11.1 Å². The van der Waals surface area contributed by atoms with Crippen LogP contribution in [0.5, 0.6) is 11.5 Å². The van der Waals surface area contributed by atoms with Crippen molar-refractivity contribution in [1.82, 2.24) is 5.32 Å². The van der Waals surface area contributed by atoms with Gasteiger partial charge in [-0.25, -0.2) is 4.79 Å². The van der Waals surface area contributed by atoms with Crippen molar-refractivity contribution in [2.75, 3.05) is 21.3 Å². The normalized spacial score (nSPS) is 11.5. The van der Waals surface area contributed by atoms with Gasteiger partial charge in [-0.1, -0.05) is 63.4 Å². The lowest BCUT2D eigenvalue weighted by atomic mass is 9.98. The Morgan fingerprint density at radius 3 is 1.97 bits per heavy atom. The molecule has 36 heavy (non-hydrogen) atoms. The molecule has 0 saturated heterocycles. The van der Waals surface area contributed by atoms with Crippen LogP contribution in [0.1, 0.15) is 21.5 Å². The highest BCUT2D eigenvalue weighted by Gasteiger charge is 2.25. The lowest BCUT2D eigenvalue weighted by molar-refractivity contribution is -0.142. The molecule has 0 aliphatic carbocycles. The number of hydrogen-bond acceptors (Lipinski definition) is 6. The predicted molar refractivity (Wildman–Crippen MR) is 142 cm³/mol. The highest BCUT2D eigenvalue weighted by atomic mass is 79.9. The monoisotopic (exact) mass is 595 g/mol. The number of aliphatic hydroxyl groups excluding tert-OH is 1. The molecule has 0 radical (unpaired) electrons. The van der Waals surface area contributed by atoms with E-state index in [1.54, 1.807) is 38.5 Å². The lowest BCUT2D eigenvalue weighted by Gasteiger charge is -2.18. The second-order valence-corrected chi connectivity index (χ2v) is 9.46. The van der Waals surface area contributed by atoms with Crippen LogP contribution >= 0.6 is 39.1 Å². The molecule has 1 unspecified atom stereocenters. The summed E-state index contributed by atoms with van der Waals surface area (Å²) < 4.78 is 16.5. The van der Waals surface area contributed by atoms with Crippen molar-refractivity contribution < 1.29 is 28.9 Å². The zero-order chi connectivity index (χ0) is 26.4. The first-order valence-electron chi connectivity index (χ1n) is 10.7. The number of carbonyl (C=O) groups excluding carboxylic acids is 2. The smallest absolute Gasteiger partial charge is 0.328 e. The standard InChI is InChI=1S/C26H24BrCl2NO6/c1-34-21-9-15(13-31)10-22(35-2)23(21)16-6-4-14(5-7-16)8-20(26(33)36-3)30-25(32)24-18(28)11-17(27)12-19(24)29/h4-7,9-12,20,31H,8,13H2,1-3H3,(H,30,32). The minimum absolute atomic E-state index is 0.0660. The molecule has 190 valence electrons. The average molecular weight is 597 g/mol. The van der Waals surface area contributed by atoms with Gasteiger partial charge in [0.1, 0.15) is 17.5 Å². The molecule has 0 heterocycles. The fourth-order valence-electron chi connectivity index (χ4n) is 3.71. The second kappa shape index (κ2) is 12.5. The van der Waals surface area contributed by atoms with Gasteiger partial charge in [-0.15, -0.1) is 0 Å². The van der Waals surface area contributed by atoms with Gasteiger partial charge in [-0.2, -0.15) is 0 Å². The molecule has 0 bridgehead atoms. The third kappa shape index (κ3) is 6.31. The third-order valence-electron chi connectivity index (χ3n) is 5.46. The summed E-state index contributed by atoms with van der Waals surface area (Å²) in [6.45, 7) is -0.150. The molecule has 1 atom stereocenters. The molecular weight excluding hydrogens is 573 g/mol. The maximum atomic E-state index is 12.9. The van der Waals surface area contributed by atoms with Crippen molar-refractivity contribution in [3.8, 4) is 22.6 Å². The van der Waals surface area contributed by atoms with Crippen molar-refractivity contribution in [2.24, 2.45) is 0 Å². The van der Waals surface area contributed by atoms with E-state index in [4.69, 9.17) is 37.4 Å². The second-order valence-electron chi connectivity index (χ2n) is 7.73. The largest absolute Gasteiger partial charge is 0.496 e. The zero-order valence-corrected chi connectivity index (χ0v) is 22.8. The Morgan fingerprint density at radius 1 is 0.944 bits per heavy atom. The molecule has 3 rings (SSSR count). The van der Waals surface area contributed by atoms with Gasteiger partial charge in [-0.3, -0.25) is 4.79 Å². The number of carbonyl (C=O) groups is 2. The fourth-order valence-corrected chi connectivity index (χ4v) is 5.09. The Kier molecular flexibility index (Phi) is 9.62. The van der Waals surface area contributed by atoms with E-state index in [9.17, 15) is 14.7 Å². The van der Waals surface area contributed by atoms with Crippen molar-refractivity contribution in [1.29, 1.82) is 0 Å². The quantitative estimate of drug-likeness (QED) is 0.319. The van der Waals surface area contributed by atoms with Crippen LogP contribution in [0.4, 0.5) is 0 Å². The molecule has 7 nitrogen and oxygen atoms in total. The summed E-state index contributed by atoms with van der Waals surface area (Å²) in [5.41, 5.74) is 3.03. The molecule has 3 aromatic carbocycles. The first kappa shape index (κ1) is 27.8. The Morgan fingerprint density at radius 2 is 1.50 bits per heavy atom. The number of halogens is 3. The van der Waals surface area contributed by atoms with Crippen LogP contribution in [0.3, 0.4) is 0 Å². The van der Waals surface area contributed by atoms with Crippen LogP contribution in [0.15, 0.2) is 53.0 Å². The molecule has 0 saturated carbocycles. The minimum atomic E-state index is -0.975. The number of amides is 1. The first-order chi connectivity index (χ1) is 17.2. The number of methoxy groups -OCH3 is 3. The van der Waals surface area contributed by atoms with Crippen molar-refractivity contribution in [3.63, 3.8) is 0 Å². The van der Waals surface area contributed by atoms with E-state index in [-0.39, 0.29) is 28.6 Å². The van der Waals surface area contributed by atoms with Crippen molar-refractivity contribution in [2.45, 2.75) is 19.1 Å². The molecule has 0 aliphatic heterocycles. The highest BCUT2D eigenvalue weighted by molar-refractivity contribution is 9.10. The van der Waals surface area contributed by atoms with Gasteiger partial charge in [0.15, 0.2) is 0 Å². The maximum Gasteiger partial charge on any atom is 0.328 e. The molecule has 0 spiro atoms. The van der Waals surface area contributed by atoms with Gasteiger partial charge in [-0.05, 0) is 41.0 Å². The van der Waals surface area contributed by atoms with E-state index in [1.165, 1.54) is 7.11 Å². The number of hydrogen-bond donors (Lipinski definition) is 2. The average Bonchev–Trinajstić information content (AvgIpc) is 2.86. The van der Waals surface area contributed by atoms with Crippen LogP contribution in [-0.2, 0) is 22.6 Å². The maximum absolute atomic E-state index is 12.9. The summed E-state index contributed by atoms with van der Waals surface area (Å²) >= 11 is 15.7. The topological polar surface area (TPSA) is 94.1 Å². The van der Waals surface area contributed by atoms with E-state index in [0.717, 1.165) is 16.7 Å². The van der Waals surface area contributed by atoms with Gasteiger partial charge in [0.2, 0.25) is 0 Å². The molecular formula is C26H24BrCl2NO6. The van der Waals surface area contributed by atoms with E-state index in [1.807, 2.05) is 24.3 Å². The summed E-state index contributed by atoms with van der Waals surface area (Å²) in [5.74, 6) is -0.106. The van der Waals surface area contributed by atoms with E-state index < -0.39 is 17.9 Å². The Labute approximate surface area is 227 Å². The summed E-state index contributed by atoms with van der Waals surface area (Å²) in [6, 6.07) is 13.0. The van der Waals surface area contributed by atoms with Crippen LogP contribution in [0, 0.1) is 0 Å². The van der Waals surface area contributed by atoms with Crippen molar-refractivity contribution in [3.05, 3.63) is 79.7 Å². The lowest BCUT2D eigenvalue weighted by Crippen LogP contribution is -2.43. The molecule has 3 aromatic rings. The summed E-state index contributed by atoms with van der Waals surface area (Å²) in [5, 5.41) is 12.5.